The summed E-state index contributed by atoms with van der Waals surface area (Å²) in [6, 6.07) is 5.41. The normalized spacial score (nSPS) is 13.1. The van der Waals surface area contributed by atoms with Crippen LogP contribution in [-0.2, 0) is 17.7 Å². The highest BCUT2D eigenvalue weighted by Crippen LogP contribution is 2.26. The molecule has 0 spiro atoms. The summed E-state index contributed by atoms with van der Waals surface area (Å²) in [4.78, 5) is 2.07. The van der Waals surface area contributed by atoms with Gasteiger partial charge in [0.2, 0.25) is 0 Å². The molecule has 0 saturated carbocycles. The van der Waals surface area contributed by atoms with Crippen molar-refractivity contribution in [3.63, 3.8) is 0 Å². The fourth-order valence-corrected chi connectivity index (χ4v) is 2.57. The molecule has 1 aromatic carbocycles. The van der Waals surface area contributed by atoms with Crippen LogP contribution in [0.15, 0.2) is 24.4 Å². The van der Waals surface area contributed by atoms with Crippen LogP contribution in [0.2, 0.25) is 0 Å². The Labute approximate surface area is 115 Å². The maximum absolute atomic E-state index is 11.2. The first-order valence-electron chi connectivity index (χ1n) is 5.95. The molecule has 5 nitrogen and oxygen atoms in total. The molecule has 1 heterocycles. The molecule has 0 saturated heterocycles. The van der Waals surface area contributed by atoms with E-state index in [1.165, 1.54) is 3.97 Å². The fraction of sp³-hybridized carbons (Fsp3) is 0.385. The van der Waals surface area contributed by atoms with E-state index in [0.717, 1.165) is 29.7 Å². The van der Waals surface area contributed by atoms with Gasteiger partial charge in [0.05, 0.1) is 23.9 Å². The second-order valence-corrected chi connectivity index (χ2v) is 5.46. The van der Waals surface area contributed by atoms with Crippen molar-refractivity contribution in [3.05, 3.63) is 30.0 Å². The van der Waals surface area contributed by atoms with Crippen molar-refractivity contribution in [2.75, 3.05) is 27.7 Å². The molecule has 6 heteroatoms. The third-order valence-corrected chi connectivity index (χ3v) is 3.67. The lowest BCUT2D eigenvalue weighted by molar-refractivity contribution is 0.413. The van der Waals surface area contributed by atoms with E-state index in [-0.39, 0.29) is 0 Å². The van der Waals surface area contributed by atoms with Crippen molar-refractivity contribution >= 4 is 22.2 Å². The zero-order valence-electron chi connectivity index (χ0n) is 11.3. The molecule has 1 aromatic heterocycles. The molecular formula is C13H17N2O3S-. The van der Waals surface area contributed by atoms with Gasteiger partial charge >= 0.3 is 0 Å². The minimum Gasteiger partial charge on any atom is -0.755 e. The standard InChI is InChI=1S/C13H18N2O3S/c1-14(2)7-6-10-9-15(19(16)17)13-5-4-11(18-3)8-12(10)13/h4-5,8-9H,6-7H2,1-3H3,(H,16,17)/p-1. The SMILES string of the molecule is COc1ccc2c(c1)c(CCN(C)C)cn2S(=O)[O-]. The lowest BCUT2D eigenvalue weighted by Crippen LogP contribution is -2.14. The molecule has 0 aliphatic rings. The van der Waals surface area contributed by atoms with Crippen LogP contribution in [0.25, 0.3) is 10.9 Å². The molecular weight excluding hydrogens is 264 g/mol. The van der Waals surface area contributed by atoms with Gasteiger partial charge in [0.1, 0.15) is 5.75 Å². The monoisotopic (exact) mass is 281 g/mol. The first kappa shape index (κ1) is 14.0. The summed E-state index contributed by atoms with van der Waals surface area (Å²) in [6.07, 6.45) is 2.47. The zero-order chi connectivity index (χ0) is 14.0. The molecule has 0 N–H and O–H groups in total. The summed E-state index contributed by atoms with van der Waals surface area (Å²) < 4.78 is 28.9. The lowest BCUT2D eigenvalue weighted by Gasteiger charge is -2.08. The summed E-state index contributed by atoms with van der Waals surface area (Å²) in [5.74, 6) is 0.730. The number of nitrogens with zero attached hydrogens (tertiary/aromatic N) is 2. The molecule has 2 aromatic rings. The third-order valence-electron chi connectivity index (χ3n) is 3.05. The third kappa shape index (κ3) is 2.97. The van der Waals surface area contributed by atoms with Gasteiger partial charge in [-0.3, -0.25) is 8.18 Å². The average Bonchev–Trinajstić information content (AvgIpc) is 2.74. The van der Waals surface area contributed by atoms with Crippen LogP contribution < -0.4 is 4.74 Å². The van der Waals surface area contributed by atoms with Gasteiger partial charge in [0, 0.05) is 18.1 Å². The molecule has 104 valence electrons. The van der Waals surface area contributed by atoms with Gasteiger partial charge in [0.25, 0.3) is 0 Å². The van der Waals surface area contributed by atoms with Crippen molar-refractivity contribution in [2.45, 2.75) is 6.42 Å². The highest BCUT2D eigenvalue weighted by atomic mass is 32.2. The largest absolute Gasteiger partial charge is 0.755 e. The van der Waals surface area contributed by atoms with Crippen LogP contribution in [0.5, 0.6) is 5.75 Å². The Bertz CT molecular complexity index is 607. The Morgan fingerprint density at radius 2 is 2.16 bits per heavy atom. The summed E-state index contributed by atoms with van der Waals surface area (Å²) in [5, 5.41) is 0.922. The molecule has 2 rings (SSSR count). The molecule has 0 aliphatic heterocycles. The predicted octanol–water partition coefficient (Wildman–Crippen LogP) is 1.40. The van der Waals surface area contributed by atoms with Crippen LogP contribution >= 0.6 is 0 Å². The van der Waals surface area contributed by atoms with Crippen molar-refractivity contribution in [2.24, 2.45) is 0 Å². The van der Waals surface area contributed by atoms with E-state index in [1.54, 1.807) is 25.4 Å². The van der Waals surface area contributed by atoms with E-state index < -0.39 is 11.3 Å². The van der Waals surface area contributed by atoms with Crippen LogP contribution in [-0.4, -0.2) is 45.4 Å². The minimum absolute atomic E-state index is 0.683. The van der Waals surface area contributed by atoms with Crippen molar-refractivity contribution in [3.8, 4) is 5.75 Å². The first-order valence-corrected chi connectivity index (χ1v) is 6.98. The molecule has 0 bridgehead atoms. The fourth-order valence-electron chi connectivity index (χ4n) is 2.04. The van der Waals surface area contributed by atoms with Gasteiger partial charge < -0.3 is 14.2 Å². The summed E-state index contributed by atoms with van der Waals surface area (Å²) in [7, 11) is 5.58. The second-order valence-electron chi connectivity index (χ2n) is 4.63. The predicted molar refractivity (Wildman–Crippen MR) is 75.1 cm³/mol. The van der Waals surface area contributed by atoms with Gasteiger partial charge in [-0.2, -0.15) is 0 Å². The van der Waals surface area contributed by atoms with Gasteiger partial charge in [-0.05, 0) is 44.3 Å². The molecule has 1 atom stereocenters. The van der Waals surface area contributed by atoms with Gasteiger partial charge in [-0.25, -0.2) is 0 Å². The van der Waals surface area contributed by atoms with Crippen molar-refractivity contribution in [1.29, 1.82) is 0 Å². The second kappa shape index (κ2) is 5.73. The van der Waals surface area contributed by atoms with E-state index in [2.05, 4.69) is 4.90 Å². The number of rotatable bonds is 5. The van der Waals surface area contributed by atoms with E-state index >= 15 is 0 Å². The maximum Gasteiger partial charge on any atom is 0.119 e. The Morgan fingerprint density at radius 3 is 2.74 bits per heavy atom. The number of methoxy groups -OCH3 is 1. The number of ether oxygens (including phenoxy) is 1. The van der Waals surface area contributed by atoms with Crippen molar-refractivity contribution < 1.29 is 13.5 Å². The van der Waals surface area contributed by atoms with Crippen LogP contribution in [0.1, 0.15) is 5.56 Å². The summed E-state index contributed by atoms with van der Waals surface area (Å²) in [6.45, 7) is 0.863. The van der Waals surface area contributed by atoms with Crippen LogP contribution in [0, 0.1) is 0 Å². The molecule has 19 heavy (non-hydrogen) atoms. The first-order chi connectivity index (χ1) is 9.02. The van der Waals surface area contributed by atoms with Gasteiger partial charge in [-0.15, -0.1) is 0 Å². The number of likely N-dealkylation sites (N-methyl/N-ethyl adjacent to an activating group) is 1. The topological polar surface area (TPSA) is 57.5 Å². The van der Waals surface area contributed by atoms with E-state index in [1.807, 2.05) is 20.2 Å². The zero-order valence-corrected chi connectivity index (χ0v) is 12.1. The lowest BCUT2D eigenvalue weighted by atomic mass is 10.1. The van der Waals surface area contributed by atoms with Gasteiger partial charge in [-0.1, -0.05) is 0 Å². The summed E-state index contributed by atoms with van der Waals surface area (Å²) in [5.41, 5.74) is 1.69. The number of aromatic nitrogens is 1. The Morgan fingerprint density at radius 1 is 1.42 bits per heavy atom. The van der Waals surface area contributed by atoms with Crippen LogP contribution in [0.4, 0.5) is 0 Å². The smallest absolute Gasteiger partial charge is 0.119 e. The number of hydrogen-bond acceptors (Lipinski definition) is 4. The quantitative estimate of drug-likeness (QED) is 0.777. The van der Waals surface area contributed by atoms with Crippen molar-refractivity contribution in [1.82, 2.24) is 8.87 Å². The Balaban J connectivity index is 2.51. The highest BCUT2D eigenvalue weighted by molar-refractivity contribution is 7.77. The Hall–Kier alpha value is -1.37. The summed E-state index contributed by atoms with van der Waals surface area (Å²) >= 11 is -2.29. The number of hydrogen-bond donors (Lipinski definition) is 0. The maximum atomic E-state index is 11.2. The van der Waals surface area contributed by atoms with Crippen LogP contribution in [0.3, 0.4) is 0 Å². The minimum atomic E-state index is -2.29. The molecule has 0 radical (unpaired) electrons. The molecule has 0 fully saturated rings. The molecule has 0 aliphatic carbocycles. The number of fused-ring (bicyclic) bond motifs is 1. The van der Waals surface area contributed by atoms with E-state index in [9.17, 15) is 8.76 Å². The number of benzene rings is 1. The van der Waals surface area contributed by atoms with Gasteiger partial charge in [0.15, 0.2) is 0 Å². The average molecular weight is 281 g/mol. The van der Waals surface area contributed by atoms with E-state index in [0.29, 0.717) is 5.52 Å². The van der Waals surface area contributed by atoms with E-state index in [4.69, 9.17) is 4.74 Å². The highest BCUT2D eigenvalue weighted by Gasteiger charge is 2.10. The molecule has 1 unspecified atom stereocenters. The molecule has 0 amide bonds. The Kier molecular flexibility index (Phi) is 4.24.